The van der Waals surface area contributed by atoms with Crippen molar-refractivity contribution in [2.45, 2.75) is 6.04 Å². The first-order valence-corrected chi connectivity index (χ1v) is 6.65. The van der Waals surface area contributed by atoms with E-state index in [9.17, 15) is 0 Å². The van der Waals surface area contributed by atoms with E-state index in [4.69, 9.17) is 11.6 Å². The highest BCUT2D eigenvalue weighted by Crippen LogP contribution is 2.00. The van der Waals surface area contributed by atoms with E-state index in [1.54, 1.807) is 5.54 Å². The third-order valence-electron chi connectivity index (χ3n) is 1.70. The van der Waals surface area contributed by atoms with E-state index in [1.165, 1.54) is 5.56 Å². The fraction of sp³-hybridized carbons (Fsp3) is 0.0909. The molecule has 68 valence electrons. The van der Waals surface area contributed by atoms with Crippen molar-refractivity contribution in [2.75, 3.05) is 0 Å². The molecule has 0 saturated heterocycles. The summed E-state index contributed by atoms with van der Waals surface area (Å²) in [5, 5.41) is 0. The molecule has 0 amide bonds. The fourth-order valence-electron chi connectivity index (χ4n) is 1.04. The number of benzene rings is 1. The van der Waals surface area contributed by atoms with Crippen LogP contribution < -0.4 is 0 Å². The van der Waals surface area contributed by atoms with Crippen molar-refractivity contribution in [3.63, 3.8) is 0 Å². The molecule has 0 fully saturated rings. The summed E-state index contributed by atoms with van der Waals surface area (Å²) in [6, 6.07) is 11.5. The van der Waals surface area contributed by atoms with Gasteiger partial charge in [0.1, 0.15) is 0 Å². The Labute approximate surface area is 86.8 Å². The van der Waals surface area contributed by atoms with Crippen LogP contribution in [0, 0.1) is 0 Å². The zero-order valence-corrected chi connectivity index (χ0v) is 9.66. The van der Waals surface area contributed by atoms with E-state index >= 15 is 0 Å². The molecule has 0 radical (unpaired) electrons. The van der Waals surface area contributed by atoms with E-state index < -0.39 is 0 Å². The lowest BCUT2D eigenvalue weighted by molar-refractivity contribution is 1.66. The highest BCUT2D eigenvalue weighted by atomic mass is 35.5. The van der Waals surface area contributed by atoms with Gasteiger partial charge in [-0.15, -0.1) is 5.70 Å². The van der Waals surface area contributed by atoms with Crippen LogP contribution in [-0.4, -0.2) is 9.52 Å². The lowest BCUT2D eigenvalue weighted by Gasteiger charge is -1.89. The molecular formula is C11H13ClSi. The first-order chi connectivity index (χ1) is 6.43. The van der Waals surface area contributed by atoms with Crippen LogP contribution in [0.2, 0.25) is 6.04 Å². The third-order valence-corrected chi connectivity index (χ3v) is 3.11. The van der Waals surface area contributed by atoms with Crippen molar-refractivity contribution in [3.05, 3.63) is 53.2 Å². The van der Waals surface area contributed by atoms with Crippen molar-refractivity contribution >= 4 is 27.2 Å². The summed E-state index contributed by atoms with van der Waals surface area (Å²) in [7, 11) is -0.0953. The second-order valence-electron chi connectivity index (χ2n) is 2.75. The maximum atomic E-state index is 5.42. The molecule has 0 aliphatic carbocycles. The number of allylic oxidation sites excluding steroid dienone is 1. The lowest BCUT2D eigenvalue weighted by atomic mass is 10.2. The van der Waals surface area contributed by atoms with E-state index in [2.05, 4.69) is 36.0 Å². The van der Waals surface area contributed by atoms with Crippen LogP contribution in [-0.2, 0) is 0 Å². The molecule has 0 unspecified atom stereocenters. The molecule has 0 N–H and O–H groups in total. The average molecular weight is 209 g/mol. The minimum absolute atomic E-state index is 0.0953. The van der Waals surface area contributed by atoms with E-state index in [-0.39, 0.29) is 9.52 Å². The summed E-state index contributed by atoms with van der Waals surface area (Å²) in [5.41, 5.74) is 5.18. The monoisotopic (exact) mass is 208 g/mol. The highest BCUT2D eigenvalue weighted by molar-refractivity contribution is 6.44. The molecule has 0 bridgehead atoms. The first kappa shape index (κ1) is 10.3. The van der Waals surface area contributed by atoms with Crippen LogP contribution in [0.25, 0.3) is 6.08 Å². The predicted molar refractivity (Wildman–Crippen MR) is 63.8 cm³/mol. The summed E-state index contributed by atoms with van der Waals surface area (Å²) in [5.74, 6) is 0. The van der Waals surface area contributed by atoms with E-state index in [1.807, 2.05) is 12.1 Å². The van der Waals surface area contributed by atoms with Gasteiger partial charge in [-0.2, -0.15) is 0 Å². The molecule has 13 heavy (non-hydrogen) atoms. The second-order valence-corrected chi connectivity index (χ2v) is 4.63. The summed E-state index contributed by atoms with van der Waals surface area (Å²) >= 11 is 5.42. The van der Waals surface area contributed by atoms with Gasteiger partial charge in [-0.05, 0) is 17.1 Å². The van der Waals surface area contributed by atoms with Crippen molar-refractivity contribution < 1.29 is 0 Å². The molecule has 0 saturated carbocycles. The molecule has 0 nitrogen and oxygen atoms in total. The first-order valence-electron chi connectivity index (χ1n) is 4.40. The van der Waals surface area contributed by atoms with Crippen molar-refractivity contribution in [1.29, 1.82) is 0 Å². The van der Waals surface area contributed by atoms with Crippen LogP contribution in [0.3, 0.4) is 0 Å². The average Bonchev–Trinajstić information content (AvgIpc) is 2.19. The molecular weight excluding hydrogens is 196 g/mol. The minimum Gasteiger partial charge on any atom is -0.101 e. The van der Waals surface area contributed by atoms with Crippen LogP contribution >= 0.6 is 11.6 Å². The van der Waals surface area contributed by atoms with Crippen molar-refractivity contribution in [3.8, 4) is 0 Å². The molecule has 0 atom stereocenters. The third kappa shape index (κ3) is 4.71. The second kappa shape index (κ2) is 6.69. The van der Waals surface area contributed by atoms with Gasteiger partial charge < -0.3 is 0 Å². The Morgan fingerprint density at radius 2 is 2.00 bits per heavy atom. The van der Waals surface area contributed by atoms with E-state index in [0.717, 1.165) is 6.04 Å². The number of hydrogen-bond acceptors (Lipinski definition) is 0. The summed E-state index contributed by atoms with van der Waals surface area (Å²) in [6.45, 7) is 0. The van der Waals surface area contributed by atoms with Crippen LogP contribution in [0.1, 0.15) is 5.56 Å². The number of hydrogen-bond donors (Lipinski definition) is 0. The summed E-state index contributed by atoms with van der Waals surface area (Å²) < 4.78 is 0. The Kier molecular flexibility index (Phi) is 5.30. The van der Waals surface area contributed by atoms with Crippen molar-refractivity contribution in [2.24, 2.45) is 0 Å². The zero-order chi connectivity index (χ0) is 9.36. The van der Waals surface area contributed by atoms with Crippen LogP contribution in [0.5, 0.6) is 0 Å². The topological polar surface area (TPSA) is 0 Å². The van der Waals surface area contributed by atoms with Crippen LogP contribution in [0.4, 0.5) is 0 Å². The van der Waals surface area contributed by atoms with Gasteiger partial charge >= 0.3 is 0 Å². The number of rotatable bonds is 4. The Morgan fingerprint density at radius 3 is 2.69 bits per heavy atom. The zero-order valence-electron chi connectivity index (χ0n) is 7.49. The molecule has 2 heteroatoms. The summed E-state index contributed by atoms with van der Waals surface area (Å²) in [6.07, 6.45) is 4.21. The largest absolute Gasteiger partial charge is 0.101 e. The van der Waals surface area contributed by atoms with Crippen LogP contribution in [0.15, 0.2) is 47.6 Å². The normalized spacial score (nSPS) is 12.4. The standard InChI is InChI=1S/C11H13ClSi/c12-8-4-9-13-10-7-11-5-2-1-3-6-11/h1-8,10H,9,13H2. The molecule has 1 aromatic rings. The minimum atomic E-state index is -0.0953. The predicted octanol–water partition coefficient (Wildman–Crippen LogP) is 3.00. The van der Waals surface area contributed by atoms with Gasteiger partial charge in [0.2, 0.25) is 0 Å². The fourth-order valence-corrected chi connectivity index (χ4v) is 2.37. The smallest absolute Gasteiger partial charge is 0.0491 e. The number of halogens is 1. The van der Waals surface area contributed by atoms with Gasteiger partial charge in [0.15, 0.2) is 0 Å². The molecule has 0 spiro atoms. The van der Waals surface area contributed by atoms with E-state index in [0.29, 0.717) is 0 Å². The van der Waals surface area contributed by atoms with Gasteiger partial charge in [-0.3, -0.25) is 0 Å². The van der Waals surface area contributed by atoms with Crippen molar-refractivity contribution in [1.82, 2.24) is 0 Å². The molecule has 0 aliphatic rings. The Balaban J connectivity index is 2.32. The molecule has 0 aromatic heterocycles. The Bertz CT molecular complexity index is 277. The molecule has 1 rings (SSSR count). The van der Waals surface area contributed by atoms with Gasteiger partial charge in [-0.1, -0.05) is 54.1 Å². The van der Waals surface area contributed by atoms with Gasteiger partial charge in [-0.25, -0.2) is 0 Å². The molecule has 1 aromatic carbocycles. The maximum absolute atomic E-state index is 5.42. The molecule has 0 heterocycles. The maximum Gasteiger partial charge on any atom is 0.0491 e. The van der Waals surface area contributed by atoms with Gasteiger partial charge in [0, 0.05) is 9.52 Å². The lowest BCUT2D eigenvalue weighted by Crippen LogP contribution is -1.79. The quantitative estimate of drug-likeness (QED) is 0.527. The van der Waals surface area contributed by atoms with Gasteiger partial charge in [0.05, 0.1) is 0 Å². The Morgan fingerprint density at radius 1 is 1.23 bits per heavy atom. The SMILES string of the molecule is ClC=CC[SiH2]C=Cc1ccccc1. The summed E-state index contributed by atoms with van der Waals surface area (Å²) in [4.78, 5) is 0. The van der Waals surface area contributed by atoms with Gasteiger partial charge in [0.25, 0.3) is 0 Å². The highest BCUT2D eigenvalue weighted by Gasteiger charge is 1.82. The Hall–Kier alpha value is -0.793. The molecule has 0 aliphatic heterocycles.